The summed E-state index contributed by atoms with van der Waals surface area (Å²) in [6.45, 7) is 4.21. The minimum absolute atomic E-state index is 0.268. The van der Waals surface area contributed by atoms with Crippen LogP contribution in [0.1, 0.15) is 57.0 Å². The number of ether oxygens (including phenoxy) is 2. The van der Waals surface area contributed by atoms with Crippen molar-refractivity contribution < 1.29 is 23.9 Å². The molecule has 1 N–H and O–H groups in total. The van der Waals surface area contributed by atoms with Crippen LogP contribution in [-0.2, 0) is 33.5 Å². The van der Waals surface area contributed by atoms with Crippen LogP contribution in [0.3, 0.4) is 0 Å². The van der Waals surface area contributed by atoms with Crippen molar-refractivity contribution in [3.63, 3.8) is 0 Å². The summed E-state index contributed by atoms with van der Waals surface area (Å²) in [5.41, 5.74) is 2.71. The highest BCUT2D eigenvalue weighted by molar-refractivity contribution is 7.17. The summed E-state index contributed by atoms with van der Waals surface area (Å²) in [5, 5.41) is 3.33. The maximum Gasteiger partial charge on any atom is 0.341 e. The van der Waals surface area contributed by atoms with Crippen molar-refractivity contribution in [3.05, 3.63) is 51.4 Å². The maximum absolute atomic E-state index is 12.9. The molecule has 0 radical (unpaired) electrons. The van der Waals surface area contributed by atoms with Gasteiger partial charge in [0.05, 0.1) is 17.7 Å². The van der Waals surface area contributed by atoms with Crippen LogP contribution >= 0.6 is 11.3 Å². The van der Waals surface area contributed by atoms with Gasteiger partial charge in [-0.15, -0.1) is 11.3 Å². The molecule has 0 bridgehead atoms. The largest absolute Gasteiger partial charge is 0.462 e. The predicted octanol–water partition coefficient (Wildman–Crippen LogP) is 3.77. The summed E-state index contributed by atoms with van der Waals surface area (Å²) < 4.78 is 10.6. The lowest BCUT2D eigenvalue weighted by atomic mass is 9.88. The molecule has 1 aromatic heterocycles. The van der Waals surface area contributed by atoms with Gasteiger partial charge >= 0.3 is 11.9 Å². The standard InChI is InChI=1S/C22H23NO5S/c1-3-27-22(26)18-15-9-8-12(2)10-17(15)29-20(18)23-19(24)16-11-13-6-4-5-7-14(13)21(25)28-16/h4-7,12,16H,3,8-11H2,1-2H3,(H,23,24). The number of carbonyl (C=O) groups is 3. The van der Waals surface area contributed by atoms with Crippen molar-refractivity contribution >= 4 is 34.2 Å². The van der Waals surface area contributed by atoms with Crippen molar-refractivity contribution in [3.8, 4) is 0 Å². The minimum atomic E-state index is -0.925. The number of thiophene rings is 1. The van der Waals surface area contributed by atoms with E-state index in [4.69, 9.17) is 9.47 Å². The molecule has 7 heteroatoms. The number of esters is 2. The Morgan fingerprint density at radius 3 is 2.86 bits per heavy atom. The fourth-order valence-corrected chi connectivity index (χ4v) is 5.33. The normalized spacial score (nSPS) is 20.3. The smallest absolute Gasteiger partial charge is 0.341 e. The number of nitrogens with one attached hydrogen (secondary N) is 1. The van der Waals surface area contributed by atoms with Crippen molar-refractivity contribution in [1.29, 1.82) is 0 Å². The third kappa shape index (κ3) is 3.79. The maximum atomic E-state index is 12.9. The molecule has 2 unspecified atom stereocenters. The summed E-state index contributed by atoms with van der Waals surface area (Å²) in [4.78, 5) is 38.9. The van der Waals surface area contributed by atoms with Gasteiger partial charge in [-0.25, -0.2) is 9.59 Å². The van der Waals surface area contributed by atoms with Crippen LogP contribution in [0.2, 0.25) is 0 Å². The Labute approximate surface area is 173 Å². The van der Waals surface area contributed by atoms with Crippen LogP contribution in [0.5, 0.6) is 0 Å². The number of hydrogen-bond acceptors (Lipinski definition) is 6. The van der Waals surface area contributed by atoms with E-state index in [0.717, 1.165) is 35.3 Å². The molecule has 2 aromatic rings. The second-order valence-electron chi connectivity index (χ2n) is 7.52. The number of rotatable bonds is 4. The molecule has 0 spiro atoms. The van der Waals surface area contributed by atoms with E-state index < -0.39 is 23.9 Å². The van der Waals surface area contributed by atoms with E-state index in [-0.39, 0.29) is 6.61 Å². The van der Waals surface area contributed by atoms with Gasteiger partial charge in [-0.05, 0) is 49.3 Å². The third-order valence-electron chi connectivity index (χ3n) is 5.41. The molecular formula is C22H23NO5S. The topological polar surface area (TPSA) is 81.7 Å². The zero-order valence-corrected chi connectivity index (χ0v) is 17.3. The van der Waals surface area contributed by atoms with Gasteiger partial charge in [0.2, 0.25) is 0 Å². The molecule has 1 amide bonds. The van der Waals surface area contributed by atoms with Crippen molar-refractivity contribution in [2.45, 2.75) is 45.6 Å². The van der Waals surface area contributed by atoms with Gasteiger partial charge in [-0.2, -0.15) is 0 Å². The van der Waals surface area contributed by atoms with E-state index >= 15 is 0 Å². The van der Waals surface area contributed by atoms with Gasteiger partial charge in [0, 0.05) is 11.3 Å². The molecule has 6 nitrogen and oxygen atoms in total. The average molecular weight is 413 g/mol. The second-order valence-corrected chi connectivity index (χ2v) is 8.63. The van der Waals surface area contributed by atoms with E-state index in [9.17, 15) is 14.4 Å². The second kappa shape index (κ2) is 7.99. The zero-order chi connectivity index (χ0) is 20.5. The van der Waals surface area contributed by atoms with Crippen LogP contribution in [0.15, 0.2) is 24.3 Å². The van der Waals surface area contributed by atoms with Crippen LogP contribution in [0, 0.1) is 5.92 Å². The highest BCUT2D eigenvalue weighted by Crippen LogP contribution is 2.40. The molecule has 4 rings (SSSR count). The summed E-state index contributed by atoms with van der Waals surface area (Å²) >= 11 is 1.43. The highest BCUT2D eigenvalue weighted by Gasteiger charge is 2.34. The van der Waals surface area contributed by atoms with Crippen LogP contribution < -0.4 is 5.32 Å². The summed E-state index contributed by atoms with van der Waals surface area (Å²) in [5.74, 6) is -0.807. The average Bonchev–Trinajstić information content (AvgIpc) is 3.05. The summed E-state index contributed by atoms with van der Waals surface area (Å²) in [7, 11) is 0. The first-order valence-electron chi connectivity index (χ1n) is 9.89. The minimum Gasteiger partial charge on any atom is -0.462 e. The first kappa shape index (κ1) is 19.6. The molecule has 2 atom stereocenters. The van der Waals surface area contributed by atoms with Gasteiger partial charge < -0.3 is 14.8 Å². The Balaban J connectivity index is 1.60. The lowest BCUT2D eigenvalue weighted by Gasteiger charge is -2.23. The van der Waals surface area contributed by atoms with Crippen LogP contribution in [0.4, 0.5) is 5.00 Å². The van der Waals surface area contributed by atoms with E-state index in [2.05, 4.69) is 12.2 Å². The van der Waals surface area contributed by atoms with Crippen molar-refractivity contribution in [1.82, 2.24) is 0 Å². The lowest BCUT2D eigenvalue weighted by molar-refractivity contribution is -0.125. The van der Waals surface area contributed by atoms with E-state index in [1.807, 2.05) is 12.1 Å². The SMILES string of the molecule is CCOC(=O)c1c(NC(=O)C2Cc3ccccc3C(=O)O2)sc2c1CCC(C)C2. The molecule has 1 aliphatic carbocycles. The Hall–Kier alpha value is -2.67. The number of benzene rings is 1. The first-order chi connectivity index (χ1) is 14.0. The molecule has 1 aliphatic heterocycles. The Morgan fingerprint density at radius 2 is 2.07 bits per heavy atom. The Kier molecular flexibility index (Phi) is 5.41. The lowest BCUT2D eigenvalue weighted by Crippen LogP contribution is -2.38. The van der Waals surface area contributed by atoms with Crippen LogP contribution in [-0.4, -0.2) is 30.6 Å². The number of fused-ring (bicyclic) bond motifs is 2. The van der Waals surface area contributed by atoms with Gasteiger partial charge in [0.1, 0.15) is 5.00 Å². The number of amides is 1. The summed E-state index contributed by atoms with van der Waals surface area (Å²) in [6, 6.07) is 7.12. The monoisotopic (exact) mass is 413 g/mol. The number of anilines is 1. The number of cyclic esters (lactones) is 1. The highest BCUT2D eigenvalue weighted by atomic mass is 32.1. The molecule has 0 fully saturated rings. The molecular weight excluding hydrogens is 390 g/mol. The molecule has 29 heavy (non-hydrogen) atoms. The van der Waals surface area contributed by atoms with Crippen molar-refractivity contribution in [2.24, 2.45) is 5.92 Å². The fraction of sp³-hybridized carbons (Fsp3) is 0.409. The Bertz CT molecular complexity index is 980. The molecule has 2 heterocycles. The van der Waals surface area contributed by atoms with Gasteiger partial charge in [0.15, 0.2) is 6.10 Å². The molecule has 0 saturated heterocycles. The Morgan fingerprint density at radius 1 is 1.28 bits per heavy atom. The number of hydrogen-bond donors (Lipinski definition) is 1. The molecule has 2 aliphatic rings. The first-order valence-corrected chi connectivity index (χ1v) is 10.7. The quantitative estimate of drug-likeness (QED) is 0.772. The van der Waals surface area contributed by atoms with Gasteiger partial charge in [-0.1, -0.05) is 25.1 Å². The van der Waals surface area contributed by atoms with Crippen molar-refractivity contribution in [2.75, 3.05) is 11.9 Å². The van der Waals surface area contributed by atoms with Gasteiger partial charge in [0.25, 0.3) is 5.91 Å². The molecule has 152 valence electrons. The van der Waals surface area contributed by atoms with Gasteiger partial charge in [-0.3, -0.25) is 4.79 Å². The summed E-state index contributed by atoms with van der Waals surface area (Å²) in [6.07, 6.45) is 2.06. The molecule has 1 aromatic carbocycles. The predicted molar refractivity (Wildman–Crippen MR) is 109 cm³/mol. The zero-order valence-electron chi connectivity index (χ0n) is 16.4. The van der Waals surface area contributed by atoms with E-state index in [0.29, 0.717) is 28.5 Å². The number of carbonyl (C=O) groups excluding carboxylic acids is 3. The van der Waals surface area contributed by atoms with Crippen LogP contribution in [0.25, 0.3) is 0 Å². The molecule has 0 saturated carbocycles. The third-order valence-corrected chi connectivity index (χ3v) is 6.58. The van der Waals surface area contributed by atoms with E-state index in [1.165, 1.54) is 11.3 Å². The van der Waals surface area contributed by atoms with E-state index in [1.54, 1.807) is 19.1 Å². The fourth-order valence-electron chi connectivity index (χ4n) is 3.93.